The third-order valence-electron chi connectivity index (χ3n) is 5.23. The second kappa shape index (κ2) is 14.7. The van der Waals surface area contributed by atoms with E-state index in [0.717, 1.165) is 32.5 Å². The predicted octanol–water partition coefficient (Wildman–Crippen LogP) is 5.29. The number of carbonyl (C=O) groups excluding carboxylic acids is 1. The number of unbranched alkanes of at least 4 members (excludes halogenated alkanes) is 10. The molecule has 0 aromatic rings. The van der Waals surface area contributed by atoms with Crippen molar-refractivity contribution in [2.24, 2.45) is 0 Å². The number of hydrogen-bond donors (Lipinski definition) is 1. The van der Waals surface area contributed by atoms with Gasteiger partial charge in [-0.15, -0.1) is 0 Å². The Morgan fingerprint density at radius 1 is 0.833 bits per heavy atom. The van der Waals surface area contributed by atoms with Gasteiger partial charge in [0.2, 0.25) is 5.91 Å². The van der Waals surface area contributed by atoms with E-state index in [-0.39, 0.29) is 6.04 Å². The summed E-state index contributed by atoms with van der Waals surface area (Å²) in [6.07, 6.45) is 17.8. The Morgan fingerprint density at radius 2 is 1.33 bits per heavy atom. The zero-order chi connectivity index (χ0) is 17.5. The van der Waals surface area contributed by atoms with Crippen LogP contribution in [0.5, 0.6) is 0 Å². The minimum absolute atomic E-state index is 0.102. The molecular weight excluding hydrogens is 296 g/mol. The van der Waals surface area contributed by atoms with Crippen LogP contribution in [0.25, 0.3) is 0 Å². The van der Waals surface area contributed by atoms with Gasteiger partial charge >= 0.3 is 0 Å². The first-order chi connectivity index (χ1) is 11.8. The third kappa shape index (κ3) is 9.66. The first-order valence-electron chi connectivity index (χ1n) is 10.8. The first-order valence-corrected chi connectivity index (χ1v) is 10.8. The molecule has 3 heteroatoms. The Balaban J connectivity index is 2.25. The molecule has 1 amide bonds. The summed E-state index contributed by atoms with van der Waals surface area (Å²) in [5.74, 6) is 0.370. The molecular formula is C21H42N2O. The van der Waals surface area contributed by atoms with Crippen LogP contribution in [-0.2, 0) is 4.79 Å². The van der Waals surface area contributed by atoms with E-state index < -0.39 is 0 Å². The quantitative estimate of drug-likeness (QED) is 0.412. The third-order valence-corrected chi connectivity index (χ3v) is 5.23. The first kappa shape index (κ1) is 21.5. The van der Waals surface area contributed by atoms with Gasteiger partial charge in [-0.2, -0.15) is 0 Å². The van der Waals surface area contributed by atoms with Crippen molar-refractivity contribution in [3.63, 3.8) is 0 Å². The summed E-state index contributed by atoms with van der Waals surface area (Å²) in [6.45, 7) is 7.47. The SMILES string of the molecule is CCCCCCCCN(CCCCCCCC)C(=O)C1CCCN1. The van der Waals surface area contributed by atoms with Crippen LogP contribution in [-0.4, -0.2) is 36.5 Å². The smallest absolute Gasteiger partial charge is 0.239 e. The van der Waals surface area contributed by atoms with Crippen LogP contribution in [0.4, 0.5) is 0 Å². The van der Waals surface area contributed by atoms with E-state index in [9.17, 15) is 4.79 Å². The Hall–Kier alpha value is -0.570. The highest BCUT2D eigenvalue weighted by molar-refractivity contribution is 5.82. The standard InChI is InChI=1S/C21H42N2O/c1-3-5-7-9-11-13-18-23(19-14-12-10-8-6-4-2)21(24)20-16-15-17-22-20/h20,22H,3-19H2,1-2H3. The van der Waals surface area contributed by atoms with Gasteiger partial charge in [0.05, 0.1) is 6.04 Å². The Morgan fingerprint density at radius 3 is 1.79 bits per heavy atom. The maximum Gasteiger partial charge on any atom is 0.239 e. The van der Waals surface area contributed by atoms with Gasteiger partial charge in [0.15, 0.2) is 0 Å². The minimum atomic E-state index is 0.102. The lowest BCUT2D eigenvalue weighted by atomic mass is 10.1. The summed E-state index contributed by atoms with van der Waals surface area (Å²) in [4.78, 5) is 14.9. The molecule has 0 radical (unpaired) electrons. The molecule has 0 aromatic carbocycles. The van der Waals surface area contributed by atoms with Crippen molar-refractivity contribution in [3.05, 3.63) is 0 Å². The van der Waals surface area contributed by atoms with Crippen LogP contribution in [0, 0.1) is 0 Å². The lowest BCUT2D eigenvalue weighted by Crippen LogP contribution is -2.44. The molecule has 0 aliphatic carbocycles. The minimum Gasteiger partial charge on any atom is -0.341 e. The van der Waals surface area contributed by atoms with Crippen molar-refractivity contribution in [1.29, 1.82) is 0 Å². The van der Waals surface area contributed by atoms with Gasteiger partial charge in [-0.3, -0.25) is 4.79 Å². The molecule has 0 aromatic heterocycles. The van der Waals surface area contributed by atoms with Crippen molar-refractivity contribution in [2.75, 3.05) is 19.6 Å². The monoisotopic (exact) mass is 338 g/mol. The number of carbonyl (C=O) groups is 1. The van der Waals surface area contributed by atoms with Gasteiger partial charge in [0, 0.05) is 13.1 Å². The Bertz CT molecular complexity index is 284. The fourth-order valence-corrected chi connectivity index (χ4v) is 3.61. The van der Waals surface area contributed by atoms with Gasteiger partial charge in [-0.1, -0.05) is 78.1 Å². The highest BCUT2D eigenvalue weighted by Gasteiger charge is 2.26. The van der Waals surface area contributed by atoms with E-state index in [4.69, 9.17) is 0 Å². The van der Waals surface area contributed by atoms with E-state index in [2.05, 4.69) is 24.1 Å². The zero-order valence-electron chi connectivity index (χ0n) is 16.5. The summed E-state index contributed by atoms with van der Waals surface area (Å²) >= 11 is 0. The summed E-state index contributed by atoms with van der Waals surface area (Å²) in [5.41, 5.74) is 0. The van der Waals surface area contributed by atoms with Crippen molar-refractivity contribution in [3.8, 4) is 0 Å². The van der Waals surface area contributed by atoms with Crippen molar-refractivity contribution in [1.82, 2.24) is 10.2 Å². The molecule has 24 heavy (non-hydrogen) atoms. The Labute approximate surface area is 151 Å². The van der Waals surface area contributed by atoms with Crippen LogP contribution in [0.15, 0.2) is 0 Å². The van der Waals surface area contributed by atoms with Gasteiger partial charge in [-0.25, -0.2) is 0 Å². The number of rotatable bonds is 15. The molecule has 1 heterocycles. The zero-order valence-corrected chi connectivity index (χ0v) is 16.5. The largest absolute Gasteiger partial charge is 0.341 e. The highest BCUT2D eigenvalue weighted by Crippen LogP contribution is 2.13. The summed E-state index contributed by atoms with van der Waals surface area (Å²) in [6, 6.07) is 0.102. The van der Waals surface area contributed by atoms with E-state index in [1.165, 1.54) is 77.0 Å². The van der Waals surface area contributed by atoms with Gasteiger partial charge in [0.1, 0.15) is 0 Å². The average molecular weight is 339 g/mol. The van der Waals surface area contributed by atoms with Crippen molar-refractivity contribution in [2.45, 2.75) is 110 Å². The molecule has 1 fully saturated rings. The van der Waals surface area contributed by atoms with Crippen LogP contribution in [0.2, 0.25) is 0 Å². The fraction of sp³-hybridized carbons (Fsp3) is 0.952. The number of amides is 1. The topological polar surface area (TPSA) is 32.3 Å². The van der Waals surface area contributed by atoms with Gasteiger partial charge in [-0.05, 0) is 32.2 Å². The van der Waals surface area contributed by atoms with E-state index in [1.807, 2.05) is 0 Å². The molecule has 142 valence electrons. The van der Waals surface area contributed by atoms with Crippen molar-refractivity contribution < 1.29 is 4.79 Å². The molecule has 1 N–H and O–H groups in total. The molecule has 1 aliphatic rings. The van der Waals surface area contributed by atoms with Crippen LogP contribution < -0.4 is 5.32 Å². The van der Waals surface area contributed by atoms with Crippen LogP contribution in [0.1, 0.15) is 104 Å². The van der Waals surface area contributed by atoms with E-state index >= 15 is 0 Å². The molecule has 1 atom stereocenters. The summed E-state index contributed by atoms with van der Waals surface area (Å²) in [5, 5.41) is 3.38. The fourth-order valence-electron chi connectivity index (χ4n) is 3.61. The summed E-state index contributed by atoms with van der Waals surface area (Å²) in [7, 11) is 0. The number of nitrogens with zero attached hydrogens (tertiary/aromatic N) is 1. The molecule has 0 saturated carbocycles. The van der Waals surface area contributed by atoms with E-state index in [0.29, 0.717) is 5.91 Å². The second-order valence-electron chi connectivity index (χ2n) is 7.51. The highest BCUT2D eigenvalue weighted by atomic mass is 16.2. The molecule has 1 rings (SSSR count). The molecule has 0 spiro atoms. The second-order valence-corrected chi connectivity index (χ2v) is 7.51. The normalized spacial score (nSPS) is 17.3. The molecule has 0 bridgehead atoms. The lowest BCUT2D eigenvalue weighted by molar-refractivity contribution is -0.133. The molecule has 1 unspecified atom stereocenters. The molecule has 1 saturated heterocycles. The number of nitrogens with one attached hydrogen (secondary N) is 1. The van der Waals surface area contributed by atoms with Crippen molar-refractivity contribution >= 4 is 5.91 Å². The predicted molar refractivity (Wildman–Crippen MR) is 104 cm³/mol. The van der Waals surface area contributed by atoms with Gasteiger partial charge < -0.3 is 10.2 Å². The molecule has 3 nitrogen and oxygen atoms in total. The van der Waals surface area contributed by atoms with E-state index in [1.54, 1.807) is 0 Å². The summed E-state index contributed by atoms with van der Waals surface area (Å²) < 4.78 is 0. The maximum absolute atomic E-state index is 12.7. The van der Waals surface area contributed by atoms with Crippen LogP contribution >= 0.6 is 0 Å². The number of hydrogen-bond acceptors (Lipinski definition) is 2. The average Bonchev–Trinajstić information content (AvgIpc) is 3.13. The lowest BCUT2D eigenvalue weighted by Gasteiger charge is -2.26. The maximum atomic E-state index is 12.7. The van der Waals surface area contributed by atoms with Gasteiger partial charge in [0.25, 0.3) is 0 Å². The van der Waals surface area contributed by atoms with Crippen LogP contribution in [0.3, 0.4) is 0 Å². The molecule has 1 aliphatic heterocycles. The Kier molecular flexibility index (Phi) is 13.2.